The predicted octanol–water partition coefficient (Wildman–Crippen LogP) is 3.63. The summed E-state index contributed by atoms with van der Waals surface area (Å²) < 4.78 is 4.95. The molecular weight excluding hydrogens is 436 g/mol. The molecule has 168 valence electrons. The smallest absolute Gasteiger partial charge is 0.341 e. The molecule has 0 radical (unpaired) electrons. The quantitative estimate of drug-likeness (QED) is 0.528. The van der Waals surface area contributed by atoms with Crippen LogP contribution in [0.1, 0.15) is 54.9 Å². The molecule has 0 spiro atoms. The number of rotatable bonds is 5. The summed E-state index contributed by atoms with van der Waals surface area (Å²) in [7, 11) is 1.33. The molecule has 1 fully saturated rings. The Morgan fingerprint density at radius 2 is 2.00 bits per heavy atom. The molecule has 1 N–H and O–H groups in total. The number of nitrogens with zero attached hydrogens (tertiary/aromatic N) is 1. The summed E-state index contributed by atoms with van der Waals surface area (Å²) in [6, 6.07) is 0. The van der Waals surface area contributed by atoms with Gasteiger partial charge >= 0.3 is 5.97 Å². The summed E-state index contributed by atoms with van der Waals surface area (Å²) >= 11 is 2.65. The van der Waals surface area contributed by atoms with Gasteiger partial charge in [0.05, 0.1) is 23.5 Å². The topological polar surface area (TPSA) is 92.8 Å². The van der Waals surface area contributed by atoms with E-state index >= 15 is 0 Å². The minimum atomic E-state index is -0.574. The molecule has 0 bridgehead atoms. The zero-order chi connectivity index (χ0) is 22.9. The minimum Gasteiger partial charge on any atom is -0.465 e. The average Bonchev–Trinajstić information content (AvgIpc) is 3.20. The Bertz CT molecular complexity index is 958. The van der Waals surface area contributed by atoms with E-state index in [1.54, 1.807) is 20.8 Å². The highest BCUT2D eigenvalue weighted by Gasteiger charge is 2.32. The molecule has 0 aromatic carbocycles. The summed E-state index contributed by atoms with van der Waals surface area (Å²) in [5.74, 6) is -0.501. The zero-order valence-electron chi connectivity index (χ0n) is 18.5. The van der Waals surface area contributed by atoms with Crippen LogP contribution in [-0.4, -0.2) is 47.9 Å². The van der Waals surface area contributed by atoms with E-state index in [4.69, 9.17) is 4.74 Å². The molecule has 1 aromatic rings. The number of ether oxygens (including phenoxy) is 1. The molecule has 1 unspecified atom stereocenters. The number of fused-ring (bicyclic) bond motifs is 1. The lowest BCUT2D eigenvalue weighted by Crippen LogP contribution is -2.34. The molecule has 2 aliphatic rings. The van der Waals surface area contributed by atoms with Crippen molar-refractivity contribution in [2.24, 2.45) is 11.3 Å². The lowest BCUT2D eigenvalue weighted by molar-refractivity contribution is -0.129. The van der Waals surface area contributed by atoms with Crippen LogP contribution < -0.4 is 5.32 Å². The number of hydrogen-bond donors (Lipinski definition) is 1. The van der Waals surface area contributed by atoms with Crippen LogP contribution in [0.3, 0.4) is 0 Å². The van der Waals surface area contributed by atoms with Crippen molar-refractivity contribution < 1.29 is 23.9 Å². The standard InChI is InChI=1S/C22H28N2O5S2/c1-12-6-7-13-14(8-12)31-20(19(13)21(28)29-5)23-16(26)10-24-17(27)11-30-18(24)9-15(25)22(2,3)4/h9,12H,6-8,10-11H2,1-5H3,(H,23,26)/b18-9-. The number of esters is 1. The summed E-state index contributed by atoms with van der Waals surface area (Å²) in [6.45, 7) is 7.37. The number of allylic oxidation sites excluding steroid dienone is 1. The number of nitrogens with one attached hydrogen (secondary N) is 1. The summed E-state index contributed by atoms with van der Waals surface area (Å²) in [5, 5.41) is 3.76. The van der Waals surface area contributed by atoms with Gasteiger partial charge in [-0.1, -0.05) is 39.5 Å². The number of ketones is 1. The highest BCUT2D eigenvalue weighted by atomic mass is 32.2. The summed E-state index contributed by atoms with van der Waals surface area (Å²) in [6.07, 6.45) is 4.06. The number of amides is 2. The highest BCUT2D eigenvalue weighted by Crippen LogP contribution is 2.40. The molecule has 1 aliphatic carbocycles. The SMILES string of the molecule is COC(=O)c1c(NC(=O)CN2C(=O)CS/C2=C\C(=O)C(C)(C)C)sc2c1CCC(C)C2. The molecule has 3 rings (SSSR count). The maximum atomic E-state index is 12.8. The maximum absolute atomic E-state index is 12.8. The van der Waals surface area contributed by atoms with Crippen molar-refractivity contribution in [3.05, 3.63) is 27.1 Å². The van der Waals surface area contributed by atoms with Gasteiger partial charge < -0.3 is 10.1 Å². The van der Waals surface area contributed by atoms with Crippen LogP contribution in [0.4, 0.5) is 5.00 Å². The minimum absolute atomic E-state index is 0.108. The van der Waals surface area contributed by atoms with Crippen LogP contribution in [0, 0.1) is 11.3 Å². The van der Waals surface area contributed by atoms with Gasteiger partial charge in [0.1, 0.15) is 11.5 Å². The molecule has 1 aliphatic heterocycles. The number of carbonyl (C=O) groups excluding carboxylic acids is 4. The van der Waals surface area contributed by atoms with E-state index in [1.165, 1.54) is 41.2 Å². The van der Waals surface area contributed by atoms with Gasteiger partial charge in [-0.05, 0) is 30.7 Å². The lowest BCUT2D eigenvalue weighted by Gasteiger charge is -2.19. The van der Waals surface area contributed by atoms with Crippen molar-refractivity contribution in [1.82, 2.24) is 4.90 Å². The first-order chi connectivity index (χ1) is 14.5. The molecule has 1 atom stereocenters. The number of methoxy groups -OCH3 is 1. The molecule has 9 heteroatoms. The van der Waals surface area contributed by atoms with Gasteiger partial charge in [-0.25, -0.2) is 4.79 Å². The van der Waals surface area contributed by atoms with Gasteiger partial charge in [-0.3, -0.25) is 19.3 Å². The van der Waals surface area contributed by atoms with Crippen molar-refractivity contribution in [2.75, 3.05) is 24.7 Å². The Morgan fingerprint density at radius 1 is 1.29 bits per heavy atom. The van der Waals surface area contributed by atoms with Gasteiger partial charge in [0.25, 0.3) is 0 Å². The largest absolute Gasteiger partial charge is 0.465 e. The summed E-state index contributed by atoms with van der Waals surface area (Å²) in [5.41, 5.74) is 0.799. The Labute approximate surface area is 190 Å². The third-order valence-corrected chi connectivity index (χ3v) is 7.56. The molecule has 2 heterocycles. The van der Waals surface area contributed by atoms with E-state index in [1.807, 2.05) is 0 Å². The van der Waals surface area contributed by atoms with E-state index < -0.39 is 17.3 Å². The first kappa shape index (κ1) is 23.5. The molecule has 2 amide bonds. The number of thiophene rings is 1. The molecule has 1 saturated heterocycles. The van der Waals surface area contributed by atoms with Crippen molar-refractivity contribution in [3.63, 3.8) is 0 Å². The Kier molecular flexibility index (Phi) is 6.95. The Morgan fingerprint density at radius 3 is 2.65 bits per heavy atom. The Hall–Kier alpha value is -2.13. The van der Waals surface area contributed by atoms with Crippen LogP contribution in [0.15, 0.2) is 11.1 Å². The van der Waals surface area contributed by atoms with Crippen molar-refractivity contribution >= 4 is 51.7 Å². The average molecular weight is 465 g/mol. The van der Waals surface area contributed by atoms with Gasteiger partial charge in [0.2, 0.25) is 11.8 Å². The molecule has 31 heavy (non-hydrogen) atoms. The van der Waals surface area contributed by atoms with E-state index in [-0.39, 0.29) is 24.0 Å². The van der Waals surface area contributed by atoms with Gasteiger partial charge in [0.15, 0.2) is 5.78 Å². The van der Waals surface area contributed by atoms with E-state index in [9.17, 15) is 19.2 Å². The normalized spacial score (nSPS) is 20.0. The molecule has 1 aromatic heterocycles. The monoisotopic (exact) mass is 464 g/mol. The fourth-order valence-corrected chi connectivity index (χ4v) is 5.85. The van der Waals surface area contributed by atoms with Crippen LogP contribution in [0.5, 0.6) is 0 Å². The van der Waals surface area contributed by atoms with Crippen molar-refractivity contribution in [3.8, 4) is 0 Å². The maximum Gasteiger partial charge on any atom is 0.341 e. The second-order valence-electron chi connectivity index (χ2n) is 8.96. The van der Waals surface area contributed by atoms with E-state index in [0.717, 1.165) is 29.7 Å². The number of hydrogen-bond acceptors (Lipinski definition) is 7. The van der Waals surface area contributed by atoms with Gasteiger partial charge in [-0.15, -0.1) is 11.3 Å². The highest BCUT2D eigenvalue weighted by molar-refractivity contribution is 8.04. The first-order valence-electron chi connectivity index (χ1n) is 10.2. The predicted molar refractivity (Wildman–Crippen MR) is 122 cm³/mol. The van der Waals surface area contributed by atoms with E-state index in [2.05, 4.69) is 12.2 Å². The van der Waals surface area contributed by atoms with E-state index in [0.29, 0.717) is 21.5 Å². The second kappa shape index (κ2) is 9.16. The van der Waals surface area contributed by atoms with Gasteiger partial charge in [0, 0.05) is 16.4 Å². The fourth-order valence-electron chi connectivity index (χ4n) is 3.50. The Balaban J connectivity index is 1.80. The molecular formula is C22H28N2O5S2. The summed E-state index contributed by atoms with van der Waals surface area (Å²) in [4.78, 5) is 52.3. The van der Waals surface area contributed by atoms with Crippen LogP contribution >= 0.6 is 23.1 Å². The zero-order valence-corrected chi connectivity index (χ0v) is 20.1. The van der Waals surface area contributed by atoms with Crippen molar-refractivity contribution in [2.45, 2.75) is 47.0 Å². The number of anilines is 1. The second-order valence-corrected chi connectivity index (χ2v) is 11.1. The van der Waals surface area contributed by atoms with Crippen molar-refractivity contribution in [1.29, 1.82) is 0 Å². The van der Waals surface area contributed by atoms with Crippen LogP contribution in [0.2, 0.25) is 0 Å². The third kappa shape index (κ3) is 5.20. The molecule has 0 saturated carbocycles. The number of carbonyl (C=O) groups is 4. The van der Waals surface area contributed by atoms with Crippen LogP contribution in [-0.2, 0) is 32.0 Å². The third-order valence-electron chi connectivity index (χ3n) is 5.36. The number of thioether (sulfide) groups is 1. The van der Waals surface area contributed by atoms with Gasteiger partial charge in [-0.2, -0.15) is 0 Å². The fraction of sp³-hybridized carbons (Fsp3) is 0.545. The first-order valence-corrected chi connectivity index (χ1v) is 12.0. The van der Waals surface area contributed by atoms with Crippen LogP contribution in [0.25, 0.3) is 0 Å². The lowest BCUT2D eigenvalue weighted by atomic mass is 9.88. The molecule has 7 nitrogen and oxygen atoms in total.